The van der Waals surface area contributed by atoms with Gasteiger partial charge in [0.25, 0.3) is 0 Å². The Kier molecular flexibility index (Phi) is 6.34. The van der Waals surface area contributed by atoms with E-state index in [2.05, 4.69) is 6.08 Å². The maximum absolute atomic E-state index is 12.0. The average Bonchev–Trinajstić information content (AvgIpc) is 2.24. The van der Waals surface area contributed by atoms with Crippen LogP contribution < -0.4 is 5.73 Å². The monoisotopic (exact) mass is 225 g/mol. The molecule has 0 bridgehead atoms. The fraction of sp³-hybridized carbons (Fsp3) is 0.769. The summed E-state index contributed by atoms with van der Waals surface area (Å²) in [4.78, 5) is 12.0. The Labute approximate surface area is 98.0 Å². The maximum Gasteiger partial charge on any atom is 0.175 e. The predicted molar refractivity (Wildman–Crippen MR) is 65.3 cm³/mol. The van der Waals surface area contributed by atoms with Crippen LogP contribution in [0.2, 0.25) is 0 Å². The summed E-state index contributed by atoms with van der Waals surface area (Å²) in [7, 11) is 1.63. The number of allylic oxidation sites excluding steroid dienone is 1. The lowest BCUT2D eigenvalue weighted by Gasteiger charge is -2.14. The van der Waals surface area contributed by atoms with Crippen molar-refractivity contribution in [3.63, 3.8) is 0 Å². The second kappa shape index (κ2) is 7.58. The van der Waals surface area contributed by atoms with Crippen LogP contribution in [-0.2, 0) is 9.53 Å². The molecule has 1 rings (SSSR count). The van der Waals surface area contributed by atoms with Crippen molar-refractivity contribution in [1.29, 1.82) is 0 Å². The molecule has 0 fully saturated rings. The zero-order valence-electron chi connectivity index (χ0n) is 10.2. The van der Waals surface area contributed by atoms with E-state index in [0.717, 1.165) is 24.8 Å². The summed E-state index contributed by atoms with van der Waals surface area (Å²) in [6.07, 6.45) is 9.47. The van der Waals surface area contributed by atoms with Gasteiger partial charge in [0, 0.05) is 13.7 Å². The number of Topliss-reactive ketones (excluding diaryl/α,β-unsaturated/α-hetero) is 1. The fourth-order valence-corrected chi connectivity index (χ4v) is 2.03. The minimum atomic E-state index is -0.384. The summed E-state index contributed by atoms with van der Waals surface area (Å²) in [5, 5.41) is 0. The van der Waals surface area contributed by atoms with Gasteiger partial charge in [-0.3, -0.25) is 4.79 Å². The third-order valence-corrected chi connectivity index (χ3v) is 3.08. The number of ketones is 1. The predicted octanol–water partition coefficient (Wildman–Crippen LogP) is 2.20. The average molecular weight is 225 g/mol. The van der Waals surface area contributed by atoms with Crippen LogP contribution in [0.3, 0.4) is 0 Å². The number of methoxy groups -OCH3 is 1. The number of hydrogen-bond acceptors (Lipinski definition) is 3. The lowest BCUT2D eigenvalue weighted by atomic mass is 9.93. The minimum absolute atomic E-state index is 0.124. The molecule has 1 aliphatic carbocycles. The lowest BCUT2D eigenvalue weighted by Crippen LogP contribution is -2.33. The van der Waals surface area contributed by atoms with Crippen LogP contribution in [0, 0.1) is 0 Å². The van der Waals surface area contributed by atoms with Gasteiger partial charge in [-0.15, -0.1) is 0 Å². The highest BCUT2D eigenvalue weighted by molar-refractivity contribution is 5.99. The SMILES string of the molecule is COCCC(N)C(=O)C1=CCCCCCC1. The molecule has 16 heavy (non-hydrogen) atoms. The molecule has 1 unspecified atom stereocenters. The third-order valence-electron chi connectivity index (χ3n) is 3.08. The van der Waals surface area contributed by atoms with Gasteiger partial charge in [0.05, 0.1) is 6.04 Å². The van der Waals surface area contributed by atoms with E-state index in [1.54, 1.807) is 7.11 Å². The number of ether oxygens (including phenoxy) is 1. The van der Waals surface area contributed by atoms with E-state index in [1.165, 1.54) is 19.3 Å². The van der Waals surface area contributed by atoms with Crippen molar-refractivity contribution >= 4 is 5.78 Å². The molecule has 0 aliphatic heterocycles. The molecule has 0 saturated carbocycles. The van der Waals surface area contributed by atoms with Crippen LogP contribution in [0.25, 0.3) is 0 Å². The van der Waals surface area contributed by atoms with Crippen LogP contribution in [0.15, 0.2) is 11.6 Å². The van der Waals surface area contributed by atoms with Gasteiger partial charge in [-0.25, -0.2) is 0 Å². The minimum Gasteiger partial charge on any atom is -0.385 e. The molecule has 0 radical (unpaired) electrons. The van der Waals surface area contributed by atoms with E-state index < -0.39 is 0 Å². The van der Waals surface area contributed by atoms with Gasteiger partial charge in [0.15, 0.2) is 5.78 Å². The second-order valence-electron chi connectivity index (χ2n) is 4.43. The van der Waals surface area contributed by atoms with Gasteiger partial charge in [-0.1, -0.05) is 18.9 Å². The second-order valence-corrected chi connectivity index (χ2v) is 4.43. The highest BCUT2D eigenvalue weighted by Gasteiger charge is 2.18. The molecule has 2 N–H and O–H groups in total. The topological polar surface area (TPSA) is 52.3 Å². The molecule has 3 heteroatoms. The van der Waals surface area contributed by atoms with Crippen molar-refractivity contribution in [2.75, 3.05) is 13.7 Å². The Balaban J connectivity index is 2.49. The van der Waals surface area contributed by atoms with Crippen LogP contribution in [0.1, 0.15) is 44.9 Å². The van der Waals surface area contributed by atoms with Crippen LogP contribution >= 0.6 is 0 Å². The summed E-state index contributed by atoms with van der Waals surface area (Å²) < 4.78 is 4.94. The molecule has 3 nitrogen and oxygen atoms in total. The molecule has 0 aromatic carbocycles. The van der Waals surface area contributed by atoms with Gasteiger partial charge >= 0.3 is 0 Å². The zero-order chi connectivity index (χ0) is 11.8. The van der Waals surface area contributed by atoms with Crippen molar-refractivity contribution < 1.29 is 9.53 Å². The third kappa shape index (κ3) is 4.45. The Bertz CT molecular complexity index is 248. The molecule has 1 aliphatic rings. The molecule has 0 aromatic rings. The van der Waals surface area contributed by atoms with Crippen molar-refractivity contribution in [1.82, 2.24) is 0 Å². The molecule has 92 valence electrons. The summed E-state index contributed by atoms with van der Waals surface area (Å²) in [5.41, 5.74) is 6.80. The number of hydrogen-bond donors (Lipinski definition) is 1. The van der Waals surface area contributed by atoms with Crippen molar-refractivity contribution in [2.45, 2.75) is 51.0 Å². The Hall–Kier alpha value is -0.670. The number of carbonyl (C=O) groups excluding carboxylic acids is 1. The highest BCUT2D eigenvalue weighted by atomic mass is 16.5. The van der Waals surface area contributed by atoms with Crippen LogP contribution in [0.5, 0.6) is 0 Å². The Morgan fingerprint density at radius 2 is 2.19 bits per heavy atom. The van der Waals surface area contributed by atoms with Crippen molar-refractivity contribution in [3.05, 3.63) is 11.6 Å². The lowest BCUT2D eigenvalue weighted by molar-refractivity contribution is -0.117. The number of nitrogens with two attached hydrogens (primary N) is 1. The van der Waals surface area contributed by atoms with Crippen molar-refractivity contribution in [3.8, 4) is 0 Å². The highest BCUT2D eigenvalue weighted by Crippen LogP contribution is 2.18. The number of carbonyl (C=O) groups is 1. The summed E-state index contributed by atoms with van der Waals surface area (Å²) in [6.45, 7) is 0.556. The molecule has 0 aromatic heterocycles. The maximum atomic E-state index is 12.0. The van der Waals surface area contributed by atoms with Gasteiger partial charge in [0.2, 0.25) is 0 Å². The molecule has 0 spiro atoms. The van der Waals surface area contributed by atoms with Crippen LogP contribution in [0.4, 0.5) is 0 Å². The van der Waals surface area contributed by atoms with E-state index in [-0.39, 0.29) is 11.8 Å². The largest absolute Gasteiger partial charge is 0.385 e. The van der Waals surface area contributed by atoms with Crippen molar-refractivity contribution in [2.24, 2.45) is 5.73 Å². The molecule has 0 heterocycles. The van der Waals surface area contributed by atoms with E-state index in [4.69, 9.17) is 10.5 Å². The van der Waals surface area contributed by atoms with Gasteiger partial charge < -0.3 is 10.5 Å². The van der Waals surface area contributed by atoms with Gasteiger partial charge in [-0.05, 0) is 37.7 Å². The van der Waals surface area contributed by atoms with Crippen LogP contribution in [-0.4, -0.2) is 25.5 Å². The summed E-state index contributed by atoms with van der Waals surface area (Å²) in [6, 6.07) is -0.384. The molecular formula is C13H23NO2. The van der Waals surface area contributed by atoms with Gasteiger partial charge in [0.1, 0.15) is 0 Å². The first-order chi connectivity index (χ1) is 7.75. The normalized spacial score (nSPS) is 19.5. The smallest absolute Gasteiger partial charge is 0.175 e. The quantitative estimate of drug-likeness (QED) is 0.780. The number of rotatable bonds is 5. The fourth-order valence-electron chi connectivity index (χ4n) is 2.03. The van der Waals surface area contributed by atoms with Gasteiger partial charge in [-0.2, -0.15) is 0 Å². The first kappa shape index (κ1) is 13.4. The first-order valence-corrected chi connectivity index (χ1v) is 6.23. The summed E-state index contributed by atoms with van der Waals surface area (Å²) in [5.74, 6) is 0.124. The van der Waals surface area contributed by atoms with E-state index >= 15 is 0 Å². The first-order valence-electron chi connectivity index (χ1n) is 6.23. The van der Waals surface area contributed by atoms with E-state index in [0.29, 0.717) is 13.0 Å². The molecule has 0 amide bonds. The van der Waals surface area contributed by atoms with E-state index in [1.807, 2.05) is 0 Å². The van der Waals surface area contributed by atoms with E-state index in [9.17, 15) is 4.79 Å². The molecule has 1 atom stereocenters. The Morgan fingerprint density at radius 1 is 1.44 bits per heavy atom. The molecular weight excluding hydrogens is 202 g/mol. The zero-order valence-corrected chi connectivity index (χ0v) is 10.2. The Morgan fingerprint density at radius 3 is 2.94 bits per heavy atom. The molecule has 0 saturated heterocycles. The standard InChI is InChI=1S/C13H23NO2/c1-16-10-9-12(14)13(15)11-7-5-3-2-4-6-8-11/h7,12H,2-6,8-10,14H2,1H3. The summed E-state index contributed by atoms with van der Waals surface area (Å²) >= 11 is 0.